The summed E-state index contributed by atoms with van der Waals surface area (Å²) in [4.78, 5) is 24.3. The fourth-order valence-electron chi connectivity index (χ4n) is 2.66. The fraction of sp³-hybridized carbons (Fsp3) is 0.111. The number of furan rings is 1. The van der Waals surface area contributed by atoms with Gasteiger partial charge in [-0.05, 0) is 24.1 Å². The molecule has 1 amide bonds. The Balaban J connectivity index is 1.50. The second kappa shape index (κ2) is 6.67. The predicted octanol–water partition coefficient (Wildman–Crippen LogP) is 1.82. The molecule has 0 aliphatic heterocycles. The van der Waals surface area contributed by atoms with E-state index in [0.717, 1.165) is 15.9 Å². The van der Waals surface area contributed by atoms with Crippen LogP contribution in [0.5, 0.6) is 0 Å². The Hall–Kier alpha value is -3.68. The lowest BCUT2D eigenvalue weighted by atomic mass is 10.2. The molecule has 26 heavy (non-hydrogen) atoms. The van der Waals surface area contributed by atoms with E-state index in [9.17, 15) is 10.0 Å². The van der Waals surface area contributed by atoms with Crippen molar-refractivity contribution in [3.05, 3.63) is 71.7 Å². The molecule has 0 fully saturated rings. The predicted molar refractivity (Wildman–Crippen MR) is 93.0 cm³/mol. The molecule has 4 aromatic heterocycles. The third kappa shape index (κ3) is 3.12. The number of aromatic nitrogens is 4. The number of nitrogens with zero attached hydrogens (tertiary/aromatic N) is 3. The summed E-state index contributed by atoms with van der Waals surface area (Å²) >= 11 is 0. The van der Waals surface area contributed by atoms with Crippen molar-refractivity contribution in [1.29, 1.82) is 0 Å². The van der Waals surface area contributed by atoms with E-state index in [4.69, 9.17) is 4.42 Å². The molecule has 4 heterocycles. The van der Waals surface area contributed by atoms with Crippen LogP contribution in [0.3, 0.4) is 0 Å². The monoisotopic (exact) mass is 349 g/mol. The third-order valence-electron chi connectivity index (χ3n) is 4.00. The van der Waals surface area contributed by atoms with Crippen LogP contribution in [0, 0.1) is 5.21 Å². The lowest BCUT2D eigenvalue weighted by Gasteiger charge is -2.06. The van der Waals surface area contributed by atoms with Gasteiger partial charge in [0.05, 0.1) is 22.9 Å². The number of carbonyl (C=O) groups excluding carboxylic acids is 1. The van der Waals surface area contributed by atoms with Crippen LogP contribution in [0.1, 0.15) is 15.9 Å². The maximum Gasteiger partial charge on any atom is 0.253 e. The summed E-state index contributed by atoms with van der Waals surface area (Å²) in [6, 6.07) is 6.90. The normalized spacial score (nSPS) is 10.9. The topological polar surface area (TPSA) is 111 Å². The zero-order valence-electron chi connectivity index (χ0n) is 13.7. The zero-order valence-corrected chi connectivity index (χ0v) is 13.7. The number of carbonyl (C=O) groups is 1. The molecule has 8 heteroatoms. The first-order chi connectivity index (χ1) is 12.7. The van der Waals surface area contributed by atoms with E-state index in [2.05, 4.69) is 20.3 Å². The second-order valence-electron chi connectivity index (χ2n) is 5.73. The van der Waals surface area contributed by atoms with E-state index in [1.807, 2.05) is 0 Å². The molecule has 0 saturated heterocycles. The Morgan fingerprint density at radius 1 is 1.27 bits per heavy atom. The summed E-state index contributed by atoms with van der Waals surface area (Å²) in [6.07, 6.45) is 8.19. The van der Waals surface area contributed by atoms with Crippen molar-refractivity contribution < 1.29 is 13.9 Å². The van der Waals surface area contributed by atoms with Crippen LogP contribution in [0.15, 0.2) is 59.8 Å². The van der Waals surface area contributed by atoms with Crippen LogP contribution in [0.2, 0.25) is 0 Å². The van der Waals surface area contributed by atoms with Crippen molar-refractivity contribution in [1.82, 2.24) is 20.3 Å². The van der Waals surface area contributed by atoms with Crippen molar-refractivity contribution in [3.8, 4) is 11.4 Å². The Bertz CT molecular complexity index is 1040. The molecular weight excluding hydrogens is 334 g/mol. The molecule has 0 aromatic carbocycles. The number of amides is 1. The number of aromatic amines is 1. The number of fused-ring (bicyclic) bond motifs is 1. The summed E-state index contributed by atoms with van der Waals surface area (Å²) in [6.45, 7) is 0.453. The van der Waals surface area contributed by atoms with Gasteiger partial charge in [0.2, 0.25) is 0 Å². The van der Waals surface area contributed by atoms with Gasteiger partial charge < -0.3 is 19.9 Å². The highest BCUT2D eigenvalue weighted by Crippen LogP contribution is 2.21. The summed E-state index contributed by atoms with van der Waals surface area (Å²) in [7, 11) is 0. The van der Waals surface area contributed by atoms with Crippen molar-refractivity contribution in [3.63, 3.8) is 0 Å². The molecule has 8 nitrogen and oxygen atoms in total. The average molecular weight is 349 g/mol. The smallest absolute Gasteiger partial charge is 0.253 e. The SMILES string of the molecule is O=C(NCCc1cc[n+]([O-])cc1)c1ccnc2nc(-c3ccoc3)[nH]c12. The minimum absolute atomic E-state index is 0.213. The van der Waals surface area contributed by atoms with Gasteiger partial charge in [-0.2, -0.15) is 4.73 Å². The first-order valence-corrected chi connectivity index (χ1v) is 8.04. The van der Waals surface area contributed by atoms with Gasteiger partial charge >= 0.3 is 0 Å². The number of nitrogens with one attached hydrogen (secondary N) is 2. The molecule has 0 aliphatic rings. The van der Waals surface area contributed by atoms with Crippen LogP contribution in [-0.2, 0) is 6.42 Å². The van der Waals surface area contributed by atoms with Gasteiger partial charge in [0.15, 0.2) is 18.0 Å². The molecular formula is C18H15N5O3. The third-order valence-corrected chi connectivity index (χ3v) is 4.00. The van der Waals surface area contributed by atoms with E-state index in [0.29, 0.717) is 35.5 Å². The standard InChI is InChI=1S/C18H15N5O3/c24-18(20-6-1-12-3-8-23(25)9-4-12)14-2-7-19-17-15(14)21-16(22-17)13-5-10-26-11-13/h2-5,7-11H,1,6H2,(H,20,24)(H,19,21,22). The van der Waals surface area contributed by atoms with Gasteiger partial charge in [0.1, 0.15) is 12.1 Å². The number of hydrogen-bond acceptors (Lipinski definition) is 5. The van der Waals surface area contributed by atoms with Crippen LogP contribution in [-0.4, -0.2) is 27.4 Å². The van der Waals surface area contributed by atoms with Crippen LogP contribution in [0.25, 0.3) is 22.6 Å². The zero-order chi connectivity index (χ0) is 17.9. The molecule has 0 aliphatic carbocycles. The highest BCUT2D eigenvalue weighted by molar-refractivity contribution is 6.04. The highest BCUT2D eigenvalue weighted by atomic mass is 16.5. The molecule has 0 radical (unpaired) electrons. The van der Waals surface area contributed by atoms with Gasteiger partial charge in [-0.25, -0.2) is 9.97 Å². The minimum Gasteiger partial charge on any atom is -0.619 e. The number of imidazole rings is 1. The van der Waals surface area contributed by atoms with E-state index in [-0.39, 0.29) is 5.91 Å². The van der Waals surface area contributed by atoms with Gasteiger partial charge in [-0.15, -0.1) is 0 Å². The number of hydrogen-bond donors (Lipinski definition) is 2. The molecule has 0 bridgehead atoms. The molecule has 4 aromatic rings. The largest absolute Gasteiger partial charge is 0.619 e. The minimum atomic E-state index is -0.213. The van der Waals surface area contributed by atoms with Gasteiger partial charge in [-0.3, -0.25) is 4.79 Å². The summed E-state index contributed by atoms with van der Waals surface area (Å²) in [5, 5.41) is 13.9. The number of pyridine rings is 2. The lowest BCUT2D eigenvalue weighted by molar-refractivity contribution is -0.605. The van der Waals surface area contributed by atoms with Crippen molar-refractivity contribution in [2.75, 3.05) is 6.54 Å². The van der Waals surface area contributed by atoms with Gasteiger partial charge in [-0.1, -0.05) is 0 Å². The second-order valence-corrected chi connectivity index (χ2v) is 5.73. The Morgan fingerprint density at radius 2 is 2.12 bits per heavy atom. The number of H-pyrrole nitrogens is 1. The van der Waals surface area contributed by atoms with Gasteiger partial charge in [0, 0.05) is 24.9 Å². The Kier molecular flexibility index (Phi) is 4.06. The van der Waals surface area contributed by atoms with E-state index in [1.165, 1.54) is 12.4 Å². The summed E-state index contributed by atoms with van der Waals surface area (Å²) in [5.74, 6) is 0.381. The van der Waals surface area contributed by atoms with Crippen molar-refractivity contribution >= 4 is 17.1 Å². The van der Waals surface area contributed by atoms with E-state index >= 15 is 0 Å². The lowest BCUT2D eigenvalue weighted by Crippen LogP contribution is -2.27. The maximum absolute atomic E-state index is 12.5. The maximum atomic E-state index is 12.5. The highest BCUT2D eigenvalue weighted by Gasteiger charge is 2.15. The fourth-order valence-corrected chi connectivity index (χ4v) is 2.66. The van der Waals surface area contributed by atoms with E-state index in [1.54, 1.807) is 43.0 Å². The molecule has 0 unspecified atom stereocenters. The van der Waals surface area contributed by atoms with Crippen LogP contribution >= 0.6 is 0 Å². The summed E-state index contributed by atoms with van der Waals surface area (Å²) < 4.78 is 5.79. The first kappa shape index (κ1) is 15.8. The Morgan fingerprint density at radius 3 is 2.88 bits per heavy atom. The van der Waals surface area contributed by atoms with Crippen LogP contribution in [0.4, 0.5) is 0 Å². The van der Waals surface area contributed by atoms with Crippen molar-refractivity contribution in [2.24, 2.45) is 0 Å². The van der Waals surface area contributed by atoms with E-state index < -0.39 is 0 Å². The quantitative estimate of drug-likeness (QED) is 0.422. The average Bonchev–Trinajstić information content (AvgIpc) is 3.32. The molecule has 4 rings (SSSR count). The van der Waals surface area contributed by atoms with Gasteiger partial charge in [0.25, 0.3) is 5.91 Å². The number of rotatable bonds is 5. The molecule has 0 saturated carbocycles. The molecule has 2 N–H and O–H groups in total. The molecule has 0 atom stereocenters. The first-order valence-electron chi connectivity index (χ1n) is 8.04. The van der Waals surface area contributed by atoms with Crippen molar-refractivity contribution in [2.45, 2.75) is 6.42 Å². The Labute approximate surface area is 148 Å². The molecule has 0 spiro atoms. The van der Waals surface area contributed by atoms with Crippen LogP contribution < -0.4 is 10.0 Å². The summed E-state index contributed by atoms with van der Waals surface area (Å²) in [5.41, 5.74) is 3.28. The molecule has 130 valence electrons.